The summed E-state index contributed by atoms with van der Waals surface area (Å²) >= 11 is 0. The van der Waals surface area contributed by atoms with E-state index in [2.05, 4.69) is 10.6 Å². The number of amides is 3. The number of carbonyl (C=O) groups is 3. The molecule has 3 N–H and O–H groups in total. The summed E-state index contributed by atoms with van der Waals surface area (Å²) in [6.07, 6.45) is 0. The average Bonchev–Trinajstić information content (AvgIpc) is 2.13. The molecule has 0 spiro atoms. The summed E-state index contributed by atoms with van der Waals surface area (Å²) in [4.78, 5) is 33.7. The first kappa shape index (κ1) is 13.2. The maximum atomic E-state index is 11.0. The molecule has 0 aliphatic carbocycles. The Balaban J connectivity index is 3.86. The van der Waals surface area contributed by atoms with E-state index in [0.29, 0.717) is 0 Å². The second-order valence-corrected chi connectivity index (χ2v) is 3.18. The van der Waals surface area contributed by atoms with Crippen LogP contribution in [0.25, 0.3) is 0 Å². The van der Waals surface area contributed by atoms with Gasteiger partial charge >= 0.3 is 12.0 Å². The van der Waals surface area contributed by atoms with Crippen LogP contribution in [0.15, 0.2) is 0 Å². The maximum absolute atomic E-state index is 11.0. The van der Waals surface area contributed by atoms with Crippen molar-refractivity contribution in [2.45, 2.75) is 13.0 Å². The van der Waals surface area contributed by atoms with Gasteiger partial charge in [-0.3, -0.25) is 9.59 Å². The van der Waals surface area contributed by atoms with Crippen LogP contribution in [0.4, 0.5) is 4.79 Å². The summed E-state index contributed by atoms with van der Waals surface area (Å²) in [5, 5.41) is 12.9. The number of urea groups is 1. The molecule has 0 aliphatic rings. The summed E-state index contributed by atoms with van der Waals surface area (Å²) in [5.41, 5.74) is 0. The summed E-state index contributed by atoms with van der Waals surface area (Å²) in [6.45, 7) is 1.17. The lowest BCUT2D eigenvalue weighted by Gasteiger charge is -2.13. The zero-order chi connectivity index (χ0) is 12.0. The molecule has 0 rings (SSSR count). The first-order valence-electron chi connectivity index (χ1n) is 4.32. The Morgan fingerprint density at radius 2 is 1.87 bits per heavy atom. The second-order valence-electron chi connectivity index (χ2n) is 3.18. The SMILES string of the molecule is CC(NC(=O)NCC(=O)N(C)C)C(=O)O. The van der Waals surface area contributed by atoms with E-state index in [4.69, 9.17) is 5.11 Å². The van der Waals surface area contributed by atoms with Crippen molar-refractivity contribution in [2.24, 2.45) is 0 Å². The predicted molar refractivity (Wildman–Crippen MR) is 52.3 cm³/mol. The van der Waals surface area contributed by atoms with Gasteiger partial charge < -0.3 is 20.6 Å². The fourth-order valence-corrected chi connectivity index (χ4v) is 0.623. The Labute approximate surface area is 87.4 Å². The largest absolute Gasteiger partial charge is 0.480 e. The molecule has 1 atom stereocenters. The van der Waals surface area contributed by atoms with Crippen molar-refractivity contribution >= 4 is 17.9 Å². The number of carboxylic acids is 1. The van der Waals surface area contributed by atoms with Crippen LogP contribution in [-0.2, 0) is 9.59 Å². The van der Waals surface area contributed by atoms with Gasteiger partial charge in [-0.2, -0.15) is 0 Å². The van der Waals surface area contributed by atoms with Crippen LogP contribution < -0.4 is 10.6 Å². The lowest BCUT2D eigenvalue weighted by Crippen LogP contribution is -2.47. The fourth-order valence-electron chi connectivity index (χ4n) is 0.623. The smallest absolute Gasteiger partial charge is 0.325 e. The quantitative estimate of drug-likeness (QED) is 0.553. The highest BCUT2D eigenvalue weighted by atomic mass is 16.4. The van der Waals surface area contributed by atoms with E-state index < -0.39 is 18.0 Å². The van der Waals surface area contributed by atoms with Crippen molar-refractivity contribution in [3.05, 3.63) is 0 Å². The Morgan fingerprint density at radius 1 is 1.33 bits per heavy atom. The first-order valence-corrected chi connectivity index (χ1v) is 4.32. The molecule has 86 valence electrons. The van der Waals surface area contributed by atoms with Crippen molar-refractivity contribution in [1.29, 1.82) is 0 Å². The predicted octanol–water partition coefficient (Wildman–Crippen LogP) is -1.15. The van der Waals surface area contributed by atoms with E-state index in [1.807, 2.05) is 0 Å². The van der Waals surface area contributed by atoms with Gasteiger partial charge in [-0.1, -0.05) is 0 Å². The van der Waals surface area contributed by atoms with Gasteiger partial charge in [0.2, 0.25) is 5.91 Å². The highest BCUT2D eigenvalue weighted by Gasteiger charge is 2.14. The van der Waals surface area contributed by atoms with Gasteiger partial charge in [0.25, 0.3) is 0 Å². The number of nitrogens with one attached hydrogen (secondary N) is 2. The number of nitrogens with zero attached hydrogens (tertiary/aromatic N) is 1. The molecule has 0 aromatic carbocycles. The van der Waals surface area contributed by atoms with E-state index in [1.165, 1.54) is 11.8 Å². The van der Waals surface area contributed by atoms with Crippen LogP contribution in [0.3, 0.4) is 0 Å². The van der Waals surface area contributed by atoms with Gasteiger partial charge in [0.15, 0.2) is 0 Å². The zero-order valence-corrected chi connectivity index (χ0v) is 8.90. The summed E-state index contributed by atoms with van der Waals surface area (Å²) in [7, 11) is 3.11. The van der Waals surface area contributed by atoms with Gasteiger partial charge in [-0.05, 0) is 6.92 Å². The minimum atomic E-state index is -1.14. The molecule has 0 radical (unpaired) electrons. The number of rotatable bonds is 4. The third kappa shape index (κ3) is 5.50. The van der Waals surface area contributed by atoms with Crippen LogP contribution in [0.1, 0.15) is 6.92 Å². The lowest BCUT2D eigenvalue weighted by molar-refractivity contribution is -0.138. The first-order chi connectivity index (χ1) is 6.84. The third-order valence-electron chi connectivity index (χ3n) is 1.62. The third-order valence-corrected chi connectivity index (χ3v) is 1.62. The van der Waals surface area contributed by atoms with Crippen LogP contribution >= 0.6 is 0 Å². The van der Waals surface area contributed by atoms with Crippen LogP contribution in [-0.4, -0.2) is 54.6 Å². The van der Waals surface area contributed by atoms with E-state index in [-0.39, 0.29) is 12.5 Å². The second kappa shape index (κ2) is 5.84. The van der Waals surface area contributed by atoms with Gasteiger partial charge in [-0.25, -0.2) is 4.79 Å². The molecule has 15 heavy (non-hydrogen) atoms. The monoisotopic (exact) mass is 217 g/mol. The summed E-state index contributed by atoms with van der Waals surface area (Å²) in [5.74, 6) is -1.41. The van der Waals surface area contributed by atoms with E-state index >= 15 is 0 Å². The van der Waals surface area contributed by atoms with E-state index in [1.54, 1.807) is 14.1 Å². The number of hydrogen-bond acceptors (Lipinski definition) is 3. The Morgan fingerprint density at radius 3 is 2.27 bits per heavy atom. The maximum Gasteiger partial charge on any atom is 0.325 e. The number of hydrogen-bond donors (Lipinski definition) is 3. The highest BCUT2D eigenvalue weighted by Crippen LogP contribution is 1.81. The molecular formula is C8H15N3O4. The van der Waals surface area contributed by atoms with Crippen molar-refractivity contribution in [1.82, 2.24) is 15.5 Å². The molecule has 3 amide bonds. The fraction of sp³-hybridized carbons (Fsp3) is 0.625. The highest BCUT2D eigenvalue weighted by molar-refractivity contribution is 5.86. The molecule has 0 saturated carbocycles. The molecule has 0 heterocycles. The molecule has 0 fully saturated rings. The molecule has 0 bridgehead atoms. The number of likely N-dealkylation sites (N-methyl/N-ethyl adjacent to an activating group) is 1. The zero-order valence-electron chi connectivity index (χ0n) is 8.90. The molecule has 7 heteroatoms. The van der Waals surface area contributed by atoms with Crippen molar-refractivity contribution < 1.29 is 19.5 Å². The molecule has 0 aromatic heterocycles. The number of aliphatic carboxylic acids is 1. The van der Waals surface area contributed by atoms with Crippen LogP contribution in [0, 0.1) is 0 Å². The number of carbonyl (C=O) groups excluding carboxylic acids is 2. The van der Waals surface area contributed by atoms with Gasteiger partial charge in [0.05, 0.1) is 6.54 Å². The van der Waals surface area contributed by atoms with Crippen LogP contribution in [0.2, 0.25) is 0 Å². The molecular weight excluding hydrogens is 202 g/mol. The Kier molecular flexibility index (Phi) is 5.14. The van der Waals surface area contributed by atoms with Crippen molar-refractivity contribution in [3.63, 3.8) is 0 Å². The minimum absolute atomic E-state index is 0.162. The molecule has 7 nitrogen and oxygen atoms in total. The van der Waals surface area contributed by atoms with E-state index in [9.17, 15) is 14.4 Å². The molecule has 0 saturated heterocycles. The normalized spacial score (nSPS) is 11.4. The van der Waals surface area contributed by atoms with Crippen molar-refractivity contribution in [3.8, 4) is 0 Å². The average molecular weight is 217 g/mol. The van der Waals surface area contributed by atoms with Crippen molar-refractivity contribution in [2.75, 3.05) is 20.6 Å². The van der Waals surface area contributed by atoms with Gasteiger partial charge in [0.1, 0.15) is 6.04 Å². The standard InChI is InChI=1S/C8H15N3O4/c1-5(7(13)14)10-8(15)9-4-6(12)11(2)3/h5H,4H2,1-3H3,(H,13,14)(H2,9,10,15). The number of carboxylic acid groups (broad SMARTS) is 1. The van der Waals surface area contributed by atoms with E-state index in [0.717, 1.165) is 0 Å². The van der Waals surface area contributed by atoms with Gasteiger partial charge in [0, 0.05) is 14.1 Å². The Hall–Kier alpha value is -1.79. The molecule has 0 aliphatic heterocycles. The Bertz CT molecular complexity index is 265. The lowest BCUT2D eigenvalue weighted by atomic mass is 10.3. The van der Waals surface area contributed by atoms with Crippen LogP contribution in [0.5, 0.6) is 0 Å². The minimum Gasteiger partial charge on any atom is -0.480 e. The molecule has 1 unspecified atom stereocenters. The summed E-state index contributed by atoms with van der Waals surface area (Å²) in [6, 6.07) is -1.67. The van der Waals surface area contributed by atoms with Gasteiger partial charge in [-0.15, -0.1) is 0 Å². The summed E-state index contributed by atoms with van der Waals surface area (Å²) < 4.78 is 0. The molecule has 0 aromatic rings. The topological polar surface area (TPSA) is 98.7 Å².